The monoisotopic (exact) mass is 378 g/mol. The molecule has 10 heteroatoms. The van der Waals surface area contributed by atoms with E-state index in [0.29, 0.717) is 28.6 Å². The van der Waals surface area contributed by atoms with E-state index in [1.54, 1.807) is 19.2 Å². The van der Waals surface area contributed by atoms with E-state index in [2.05, 4.69) is 21.0 Å². The Labute approximate surface area is 153 Å². The second-order valence-corrected chi connectivity index (χ2v) is 5.66. The Morgan fingerprint density at radius 3 is 2.81 bits per heavy atom. The zero-order valence-electron chi connectivity index (χ0n) is 13.8. The van der Waals surface area contributed by atoms with Crippen LogP contribution < -0.4 is 20.6 Å². The zero-order chi connectivity index (χ0) is 18.5. The Morgan fingerprint density at radius 2 is 2.12 bits per heavy atom. The van der Waals surface area contributed by atoms with Gasteiger partial charge >= 0.3 is 0 Å². The van der Waals surface area contributed by atoms with Crippen LogP contribution in [-0.2, 0) is 13.2 Å². The molecule has 0 saturated heterocycles. The molecule has 1 aromatic heterocycles. The van der Waals surface area contributed by atoms with Crippen LogP contribution in [0.15, 0.2) is 36.4 Å². The molecule has 0 bridgehead atoms. The molecule has 0 aliphatic heterocycles. The molecule has 3 rings (SSSR count). The van der Waals surface area contributed by atoms with Crippen molar-refractivity contribution in [2.24, 2.45) is 0 Å². The summed E-state index contributed by atoms with van der Waals surface area (Å²) in [4.78, 5) is 1.25. The van der Waals surface area contributed by atoms with Crippen molar-refractivity contribution in [3.05, 3.63) is 58.4 Å². The first-order valence-corrected chi connectivity index (χ1v) is 7.96. The van der Waals surface area contributed by atoms with Crippen molar-refractivity contribution in [1.82, 2.24) is 20.3 Å². The summed E-state index contributed by atoms with van der Waals surface area (Å²) in [6.07, 6.45) is 0. The van der Waals surface area contributed by atoms with E-state index in [4.69, 9.17) is 26.8 Å². The molecule has 0 amide bonds. The predicted molar refractivity (Wildman–Crippen MR) is 94.0 cm³/mol. The molecule has 0 radical (unpaired) electrons. The standard InChI is InChI=1S/C16H16ClFN6O2/c1-25-14-4-2-3-10(8-20-24-16(19)21-22-23-24)15(14)26-9-11-5-6-12(18)7-13(11)17/h2-7,20H,8-9H2,1H3,(H2,19,21,23). The number of nitrogens with two attached hydrogens (primary N) is 1. The number of nitrogens with one attached hydrogen (secondary N) is 1. The number of ether oxygens (including phenoxy) is 2. The lowest BCUT2D eigenvalue weighted by molar-refractivity contribution is 0.281. The summed E-state index contributed by atoms with van der Waals surface area (Å²) >= 11 is 6.05. The second-order valence-electron chi connectivity index (χ2n) is 5.26. The number of hydrogen-bond acceptors (Lipinski definition) is 7. The molecule has 3 aromatic rings. The number of aromatic nitrogens is 4. The van der Waals surface area contributed by atoms with Gasteiger partial charge < -0.3 is 20.6 Å². The third-order valence-electron chi connectivity index (χ3n) is 3.58. The van der Waals surface area contributed by atoms with Crippen molar-refractivity contribution < 1.29 is 13.9 Å². The van der Waals surface area contributed by atoms with Crippen LogP contribution in [0.25, 0.3) is 0 Å². The van der Waals surface area contributed by atoms with Crippen molar-refractivity contribution in [2.75, 3.05) is 18.3 Å². The highest BCUT2D eigenvalue weighted by molar-refractivity contribution is 6.31. The summed E-state index contributed by atoms with van der Waals surface area (Å²) in [6, 6.07) is 9.61. The minimum absolute atomic E-state index is 0.133. The molecule has 136 valence electrons. The lowest BCUT2D eigenvalue weighted by Gasteiger charge is -2.16. The lowest BCUT2D eigenvalue weighted by atomic mass is 10.2. The molecule has 0 saturated carbocycles. The highest BCUT2D eigenvalue weighted by Gasteiger charge is 2.13. The maximum atomic E-state index is 13.2. The average Bonchev–Trinajstić information content (AvgIpc) is 3.04. The normalized spacial score (nSPS) is 10.6. The molecule has 26 heavy (non-hydrogen) atoms. The van der Waals surface area contributed by atoms with E-state index in [1.807, 2.05) is 12.1 Å². The first kappa shape index (κ1) is 17.7. The van der Waals surface area contributed by atoms with Crippen molar-refractivity contribution in [1.29, 1.82) is 0 Å². The van der Waals surface area contributed by atoms with Crippen LogP contribution in [0.1, 0.15) is 11.1 Å². The van der Waals surface area contributed by atoms with Crippen LogP contribution in [-0.4, -0.2) is 27.4 Å². The Morgan fingerprint density at radius 1 is 1.27 bits per heavy atom. The van der Waals surface area contributed by atoms with Crippen molar-refractivity contribution in [3.8, 4) is 11.5 Å². The quantitative estimate of drug-likeness (QED) is 0.651. The number of benzene rings is 2. The van der Waals surface area contributed by atoms with Gasteiger partial charge in [0.25, 0.3) is 5.95 Å². The van der Waals surface area contributed by atoms with E-state index in [0.717, 1.165) is 5.56 Å². The zero-order valence-corrected chi connectivity index (χ0v) is 14.6. The topological polar surface area (TPSA) is 100 Å². The van der Waals surface area contributed by atoms with Crippen LogP contribution >= 0.6 is 11.6 Å². The average molecular weight is 379 g/mol. The molecule has 1 heterocycles. The third kappa shape index (κ3) is 3.94. The molecule has 0 aliphatic carbocycles. The highest BCUT2D eigenvalue weighted by atomic mass is 35.5. The maximum Gasteiger partial charge on any atom is 0.260 e. The van der Waals surface area contributed by atoms with Crippen LogP contribution in [0.4, 0.5) is 10.3 Å². The molecule has 2 aromatic carbocycles. The summed E-state index contributed by atoms with van der Waals surface area (Å²) in [5, 5.41) is 11.1. The van der Waals surface area contributed by atoms with Gasteiger partial charge in [-0.1, -0.05) is 34.9 Å². The number of tetrazole rings is 1. The van der Waals surface area contributed by atoms with Crippen molar-refractivity contribution in [2.45, 2.75) is 13.2 Å². The minimum Gasteiger partial charge on any atom is -0.493 e. The minimum atomic E-state index is -0.403. The van der Waals surface area contributed by atoms with Gasteiger partial charge in [0, 0.05) is 11.1 Å². The molecule has 0 atom stereocenters. The molecule has 0 unspecified atom stereocenters. The van der Waals surface area contributed by atoms with Crippen LogP contribution in [0.3, 0.4) is 0 Å². The first-order chi connectivity index (χ1) is 12.6. The first-order valence-electron chi connectivity index (χ1n) is 7.59. The Kier molecular flexibility index (Phi) is 5.37. The van der Waals surface area contributed by atoms with Gasteiger partial charge in [-0.25, -0.2) is 4.39 Å². The number of nitrogen functional groups attached to an aromatic ring is 1. The number of halogens is 2. The fourth-order valence-electron chi connectivity index (χ4n) is 2.28. The Hall–Kier alpha value is -3.07. The molecule has 0 fully saturated rings. The van der Waals surface area contributed by atoms with E-state index in [1.165, 1.54) is 16.9 Å². The van der Waals surface area contributed by atoms with Crippen molar-refractivity contribution >= 4 is 17.5 Å². The van der Waals surface area contributed by atoms with Gasteiger partial charge in [-0.05, 0) is 28.6 Å². The maximum absolute atomic E-state index is 13.2. The lowest BCUT2D eigenvalue weighted by Crippen LogP contribution is -2.19. The number of anilines is 1. The van der Waals surface area contributed by atoms with Crippen molar-refractivity contribution in [3.63, 3.8) is 0 Å². The SMILES string of the molecule is COc1cccc(CNn2nnnc2N)c1OCc1ccc(F)cc1Cl. The highest BCUT2D eigenvalue weighted by Crippen LogP contribution is 2.32. The Balaban J connectivity index is 1.79. The second kappa shape index (κ2) is 7.87. The molecular formula is C16H16ClFN6O2. The van der Waals surface area contributed by atoms with Gasteiger partial charge in [-0.2, -0.15) is 0 Å². The van der Waals surface area contributed by atoms with Crippen LogP contribution in [0.5, 0.6) is 11.5 Å². The third-order valence-corrected chi connectivity index (χ3v) is 3.93. The Bertz CT molecular complexity index is 904. The summed E-state index contributed by atoms with van der Waals surface area (Å²) in [7, 11) is 1.55. The number of nitrogens with zero attached hydrogens (tertiary/aromatic N) is 4. The van der Waals surface area contributed by atoms with Gasteiger partial charge in [-0.3, -0.25) is 0 Å². The van der Waals surface area contributed by atoms with Crippen LogP contribution in [0, 0.1) is 5.82 Å². The molecule has 0 spiro atoms. The summed E-state index contributed by atoms with van der Waals surface area (Å²) in [6.45, 7) is 0.485. The van der Waals surface area contributed by atoms with Gasteiger partial charge in [0.1, 0.15) is 12.4 Å². The summed E-state index contributed by atoms with van der Waals surface area (Å²) in [5.41, 5.74) is 10.0. The smallest absolute Gasteiger partial charge is 0.260 e. The molecule has 8 nitrogen and oxygen atoms in total. The molecule has 0 aliphatic rings. The van der Waals surface area contributed by atoms with Gasteiger partial charge in [-0.15, -0.1) is 4.79 Å². The summed E-state index contributed by atoms with van der Waals surface area (Å²) < 4.78 is 24.4. The molecule has 3 N–H and O–H groups in total. The number of para-hydroxylation sites is 1. The molecular weight excluding hydrogens is 363 g/mol. The number of rotatable bonds is 7. The van der Waals surface area contributed by atoms with Crippen LogP contribution in [0.2, 0.25) is 5.02 Å². The summed E-state index contributed by atoms with van der Waals surface area (Å²) in [5.74, 6) is 0.801. The van der Waals surface area contributed by atoms with E-state index >= 15 is 0 Å². The van der Waals surface area contributed by atoms with Gasteiger partial charge in [0.2, 0.25) is 0 Å². The van der Waals surface area contributed by atoms with E-state index in [9.17, 15) is 4.39 Å². The van der Waals surface area contributed by atoms with Gasteiger partial charge in [0.05, 0.1) is 18.7 Å². The fourth-order valence-corrected chi connectivity index (χ4v) is 2.50. The fraction of sp³-hybridized carbons (Fsp3) is 0.188. The number of hydrogen-bond donors (Lipinski definition) is 2. The number of methoxy groups -OCH3 is 1. The predicted octanol–water partition coefficient (Wildman–Crippen LogP) is 2.38. The van der Waals surface area contributed by atoms with Gasteiger partial charge in [0.15, 0.2) is 11.5 Å². The van der Waals surface area contributed by atoms with E-state index < -0.39 is 5.82 Å². The van der Waals surface area contributed by atoms with E-state index in [-0.39, 0.29) is 12.6 Å². The largest absolute Gasteiger partial charge is 0.493 e.